The van der Waals surface area contributed by atoms with Crippen LogP contribution >= 0.6 is 0 Å². The second kappa shape index (κ2) is 4.68. The summed E-state index contributed by atoms with van der Waals surface area (Å²) in [5.74, 6) is 0.194. The molecule has 2 atom stereocenters. The molecule has 0 amide bonds. The summed E-state index contributed by atoms with van der Waals surface area (Å²) in [5, 5.41) is 10.2. The number of carbonyl (C=O) groups excluding carboxylic acids is 2. The van der Waals surface area contributed by atoms with Gasteiger partial charge in [-0.2, -0.15) is 0 Å². The zero-order valence-corrected chi connectivity index (χ0v) is 13.8. The van der Waals surface area contributed by atoms with Crippen LogP contribution in [-0.4, -0.2) is 16.7 Å². The minimum atomic E-state index is -0.204. The van der Waals surface area contributed by atoms with Crippen molar-refractivity contribution in [2.45, 2.75) is 58.8 Å². The number of ketones is 2. The van der Waals surface area contributed by atoms with Gasteiger partial charge in [-0.1, -0.05) is 27.2 Å². The molecule has 0 saturated heterocycles. The number of fused-ring (bicyclic) bond motifs is 3. The summed E-state index contributed by atoms with van der Waals surface area (Å²) in [4.78, 5) is 24.3. The van der Waals surface area contributed by atoms with E-state index >= 15 is 0 Å². The Kier molecular flexibility index (Phi) is 3.24. The molecule has 0 unspecified atom stereocenters. The Morgan fingerprint density at radius 2 is 1.91 bits per heavy atom. The van der Waals surface area contributed by atoms with Gasteiger partial charge in [0.05, 0.1) is 5.56 Å². The van der Waals surface area contributed by atoms with Crippen LogP contribution in [0.1, 0.15) is 79.7 Å². The largest absolute Gasteiger partial charge is 0.507 e. The smallest absolute Gasteiger partial charge is 0.163 e. The van der Waals surface area contributed by atoms with Crippen molar-refractivity contribution in [3.05, 3.63) is 28.8 Å². The predicted molar refractivity (Wildman–Crippen MR) is 85.5 cm³/mol. The zero-order valence-electron chi connectivity index (χ0n) is 13.8. The highest BCUT2D eigenvalue weighted by Crippen LogP contribution is 2.57. The molecule has 1 fully saturated rings. The number of benzene rings is 1. The Morgan fingerprint density at radius 3 is 2.55 bits per heavy atom. The van der Waals surface area contributed by atoms with Crippen molar-refractivity contribution in [2.75, 3.05) is 0 Å². The van der Waals surface area contributed by atoms with Crippen molar-refractivity contribution in [3.63, 3.8) is 0 Å². The first-order valence-electron chi connectivity index (χ1n) is 8.08. The van der Waals surface area contributed by atoms with E-state index in [9.17, 15) is 14.7 Å². The molecule has 3 heteroatoms. The van der Waals surface area contributed by atoms with Crippen LogP contribution in [0.4, 0.5) is 0 Å². The minimum Gasteiger partial charge on any atom is -0.507 e. The number of hydrogen-bond acceptors (Lipinski definition) is 3. The quantitative estimate of drug-likeness (QED) is 0.788. The van der Waals surface area contributed by atoms with Gasteiger partial charge in [0.25, 0.3) is 0 Å². The maximum absolute atomic E-state index is 12.7. The highest BCUT2D eigenvalue weighted by atomic mass is 16.3. The van der Waals surface area contributed by atoms with Gasteiger partial charge in [0, 0.05) is 12.0 Å². The van der Waals surface area contributed by atoms with E-state index in [4.69, 9.17) is 0 Å². The molecule has 22 heavy (non-hydrogen) atoms. The molecule has 0 aliphatic heterocycles. The predicted octanol–water partition coefficient (Wildman–Crippen LogP) is 4.27. The summed E-state index contributed by atoms with van der Waals surface area (Å²) in [6.07, 6.45) is 3.83. The molecular weight excluding hydrogens is 276 g/mol. The number of aromatic hydroxyl groups is 1. The number of rotatable bonds is 1. The molecule has 1 aromatic rings. The van der Waals surface area contributed by atoms with E-state index in [-0.39, 0.29) is 39.6 Å². The lowest BCUT2D eigenvalue weighted by Crippen LogP contribution is -2.49. The molecule has 2 aliphatic carbocycles. The Morgan fingerprint density at radius 1 is 1.23 bits per heavy atom. The lowest BCUT2D eigenvalue weighted by Gasteiger charge is -2.53. The topological polar surface area (TPSA) is 54.4 Å². The van der Waals surface area contributed by atoms with Crippen molar-refractivity contribution >= 4 is 11.6 Å². The molecule has 0 bridgehead atoms. The second-order valence-electron chi connectivity index (χ2n) is 7.91. The van der Waals surface area contributed by atoms with Crippen molar-refractivity contribution in [2.24, 2.45) is 11.3 Å². The molecule has 0 spiro atoms. The van der Waals surface area contributed by atoms with Crippen LogP contribution in [0.15, 0.2) is 12.1 Å². The van der Waals surface area contributed by atoms with Gasteiger partial charge in [-0.15, -0.1) is 0 Å². The molecule has 2 aliphatic rings. The summed E-state index contributed by atoms with van der Waals surface area (Å²) in [7, 11) is 0. The molecule has 0 radical (unpaired) electrons. The van der Waals surface area contributed by atoms with Gasteiger partial charge in [0.15, 0.2) is 11.6 Å². The van der Waals surface area contributed by atoms with Crippen LogP contribution in [-0.2, 0) is 5.41 Å². The van der Waals surface area contributed by atoms with E-state index in [2.05, 4.69) is 20.8 Å². The highest BCUT2D eigenvalue weighted by molar-refractivity contribution is 6.04. The van der Waals surface area contributed by atoms with Crippen molar-refractivity contribution in [1.29, 1.82) is 0 Å². The fourth-order valence-electron chi connectivity index (χ4n) is 4.81. The molecule has 1 saturated carbocycles. The molecule has 0 aromatic heterocycles. The normalized spacial score (nSPS) is 29.6. The van der Waals surface area contributed by atoms with Crippen LogP contribution in [0.25, 0.3) is 0 Å². The fourth-order valence-corrected chi connectivity index (χ4v) is 4.81. The Balaban J connectivity index is 2.22. The number of phenols is 1. The van der Waals surface area contributed by atoms with E-state index in [1.165, 1.54) is 6.92 Å². The monoisotopic (exact) mass is 300 g/mol. The van der Waals surface area contributed by atoms with Gasteiger partial charge in [0.1, 0.15) is 5.75 Å². The molecule has 3 nitrogen and oxygen atoms in total. The maximum atomic E-state index is 12.7. The summed E-state index contributed by atoms with van der Waals surface area (Å²) < 4.78 is 0. The molecular formula is C19H24O3. The van der Waals surface area contributed by atoms with E-state index < -0.39 is 0 Å². The summed E-state index contributed by atoms with van der Waals surface area (Å²) in [6.45, 7) is 8.13. The van der Waals surface area contributed by atoms with Crippen molar-refractivity contribution in [3.8, 4) is 5.75 Å². The van der Waals surface area contributed by atoms with Crippen LogP contribution in [0, 0.1) is 11.3 Å². The Hall–Kier alpha value is -1.64. The van der Waals surface area contributed by atoms with Gasteiger partial charge in [-0.3, -0.25) is 9.59 Å². The minimum absolute atomic E-state index is 0.00399. The van der Waals surface area contributed by atoms with E-state index in [1.54, 1.807) is 12.1 Å². The SMILES string of the molecule is CC(=O)c1cc2c(cc1O)[C@]1(C)CCCC(C)(C)[C@H]1CC2=O. The molecule has 118 valence electrons. The number of carbonyl (C=O) groups is 2. The second-order valence-corrected chi connectivity index (χ2v) is 7.91. The van der Waals surface area contributed by atoms with Gasteiger partial charge < -0.3 is 5.11 Å². The van der Waals surface area contributed by atoms with Crippen molar-refractivity contribution in [1.82, 2.24) is 0 Å². The third-order valence-electron chi connectivity index (χ3n) is 6.05. The molecule has 3 rings (SSSR count). The molecule has 1 aromatic carbocycles. The average molecular weight is 300 g/mol. The fraction of sp³-hybridized carbons (Fsp3) is 0.579. The number of hydrogen-bond donors (Lipinski definition) is 1. The molecule has 1 N–H and O–H groups in total. The van der Waals surface area contributed by atoms with Gasteiger partial charge in [-0.25, -0.2) is 0 Å². The third-order valence-corrected chi connectivity index (χ3v) is 6.05. The lowest BCUT2D eigenvalue weighted by molar-refractivity contribution is 0.0367. The highest BCUT2D eigenvalue weighted by Gasteiger charge is 2.52. The zero-order chi connectivity index (χ0) is 16.3. The van der Waals surface area contributed by atoms with Gasteiger partial charge in [-0.05, 0) is 54.2 Å². The van der Waals surface area contributed by atoms with Crippen LogP contribution < -0.4 is 0 Å². The van der Waals surface area contributed by atoms with E-state index in [0.717, 1.165) is 24.8 Å². The summed E-state index contributed by atoms with van der Waals surface area (Å²) in [5.41, 5.74) is 1.85. The first kappa shape index (κ1) is 15.3. The van der Waals surface area contributed by atoms with Gasteiger partial charge >= 0.3 is 0 Å². The summed E-state index contributed by atoms with van der Waals surface area (Å²) >= 11 is 0. The van der Waals surface area contributed by atoms with Crippen molar-refractivity contribution < 1.29 is 14.7 Å². The first-order valence-corrected chi connectivity index (χ1v) is 8.08. The Labute approximate surface area is 131 Å². The molecule has 0 heterocycles. The van der Waals surface area contributed by atoms with Gasteiger partial charge in [0.2, 0.25) is 0 Å². The first-order chi connectivity index (χ1) is 10.2. The number of Topliss-reactive ketones (excluding diaryl/α,β-unsaturated/α-hetero) is 2. The summed E-state index contributed by atoms with van der Waals surface area (Å²) in [6, 6.07) is 3.29. The number of phenolic OH excluding ortho intramolecular Hbond substituents is 1. The standard InChI is InChI=1S/C19H24O3/c1-11(20)12-8-13-14(9-15(12)21)19(4)7-5-6-18(2,3)17(19)10-16(13)22/h8-9,17,21H,5-7,10H2,1-4H3/t17-,19+/m1/s1. The average Bonchev–Trinajstić information content (AvgIpc) is 2.41. The van der Waals surface area contributed by atoms with Crippen LogP contribution in [0.2, 0.25) is 0 Å². The Bertz CT molecular complexity index is 672. The van der Waals surface area contributed by atoms with Crippen LogP contribution in [0.3, 0.4) is 0 Å². The van der Waals surface area contributed by atoms with E-state index in [0.29, 0.717) is 12.0 Å². The maximum Gasteiger partial charge on any atom is 0.163 e. The lowest BCUT2D eigenvalue weighted by atomic mass is 9.50. The van der Waals surface area contributed by atoms with E-state index in [1.807, 2.05) is 0 Å². The third kappa shape index (κ3) is 2.02. The van der Waals surface area contributed by atoms with Crippen LogP contribution in [0.5, 0.6) is 5.75 Å².